The highest BCUT2D eigenvalue weighted by Crippen LogP contribution is 2.65. The third kappa shape index (κ3) is 7.40. The first-order valence-corrected chi connectivity index (χ1v) is 13.6. The number of anilines is 3. The molecule has 0 spiro atoms. The second-order valence-corrected chi connectivity index (χ2v) is 12.0. The highest BCUT2D eigenvalue weighted by Gasteiger charge is 2.67. The van der Waals surface area contributed by atoms with Crippen molar-refractivity contribution in [1.29, 1.82) is 0 Å². The molecule has 0 saturated heterocycles. The van der Waals surface area contributed by atoms with Crippen molar-refractivity contribution >= 4 is 92.8 Å². The van der Waals surface area contributed by atoms with Crippen LogP contribution in [0.3, 0.4) is 0 Å². The minimum absolute atomic E-state index is 0.0306. The molecule has 0 radical (unpaired) electrons. The average Bonchev–Trinajstić information content (AvgIpc) is 3.45. The SMILES string of the molecule is CN(C(=O)CC(F)(F)F)c1ccc(NC(=O)c2cc(NC(=O)[C@@H]3[C@@H](c4cc(Cl)cc(Cl)c4)C3(Cl)Cl)ccc2Cl)cc1. The maximum Gasteiger partial charge on any atom is 0.397 e. The molecule has 0 unspecified atom stereocenters. The zero-order chi connectivity index (χ0) is 30.3. The van der Waals surface area contributed by atoms with Gasteiger partial charge in [0.1, 0.15) is 10.8 Å². The number of carbonyl (C=O) groups is 3. The zero-order valence-corrected chi connectivity index (χ0v) is 24.6. The van der Waals surface area contributed by atoms with E-state index in [9.17, 15) is 27.6 Å². The predicted octanol–water partition coefficient (Wildman–Crippen LogP) is 8.34. The fraction of sp³-hybridized carbons (Fsp3) is 0.222. The van der Waals surface area contributed by atoms with Crippen LogP contribution in [0.2, 0.25) is 15.1 Å². The minimum atomic E-state index is -4.63. The van der Waals surface area contributed by atoms with E-state index in [1.165, 1.54) is 49.5 Å². The van der Waals surface area contributed by atoms with Crippen LogP contribution in [0.1, 0.15) is 28.3 Å². The van der Waals surface area contributed by atoms with Gasteiger partial charge < -0.3 is 15.5 Å². The van der Waals surface area contributed by atoms with E-state index < -0.39 is 46.5 Å². The van der Waals surface area contributed by atoms with E-state index in [1.807, 2.05) is 0 Å². The standard InChI is InChI=1S/C27H19Cl5F3N3O3/c1-38(21(39)12-26(33,34)35)18-5-2-16(3-6-18)36-24(40)19-11-17(4-7-20(19)30)37-25(41)23-22(27(23,31)32)13-8-14(28)10-15(29)9-13/h2-11,22-23H,12H2,1H3,(H,36,40)(H,37,41)/t22-,23+/m1/s1. The second-order valence-electron chi connectivity index (χ2n) is 9.26. The van der Waals surface area contributed by atoms with Crippen LogP contribution >= 0.6 is 58.0 Å². The molecule has 41 heavy (non-hydrogen) atoms. The fourth-order valence-electron chi connectivity index (χ4n) is 4.22. The molecule has 0 bridgehead atoms. The summed E-state index contributed by atoms with van der Waals surface area (Å²) < 4.78 is 36.2. The van der Waals surface area contributed by atoms with Crippen LogP contribution in [0.25, 0.3) is 0 Å². The normalized spacial score (nSPS) is 17.5. The van der Waals surface area contributed by atoms with Gasteiger partial charge in [0, 0.05) is 40.1 Å². The molecule has 0 aromatic heterocycles. The van der Waals surface area contributed by atoms with Gasteiger partial charge in [0.15, 0.2) is 0 Å². The average molecular weight is 668 g/mol. The molecule has 0 aliphatic heterocycles. The van der Waals surface area contributed by atoms with E-state index in [1.54, 1.807) is 18.2 Å². The number of alkyl halides is 5. The third-order valence-electron chi connectivity index (χ3n) is 6.30. The van der Waals surface area contributed by atoms with Crippen molar-refractivity contribution in [2.45, 2.75) is 22.8 Å². The van der Waals surface area contributed by atoms with E-state index in [0.717, 1.165) is 4.90 Å². The molecule has 2 atom stereocenters. The van der Waals surface area contributed by atoms with Crippen molar-refractivity contribution in [3.8, 4) is 0 Å². The Labute approximate surface area is 257 Å². The summed E-state index contributed by atoms with van der Waals surface area (Å²) >= 11 is 31.2. The number of rotatable bonds is 7. The third-order valence-corrected chi connectivity index (χ3v) is 8.00. The maximum atomic E-state index is 13.0. The number of nitrogens with one attached hydrogen (secondary N) is 2. The summed E-state index contributed by atoms with van der Waals surface area (Å²) in [5, 5.41) is 6.14. The van der Waals surface area contributed by atoms with Crippen molar-refractivity contribution in [2.75, 3.05) is 22.6 Å². The fourth-order valence-corrected chi connectivity index (χ4v) is 5.79. The number of hydrogen-bond donors (Lipinski definition) is 2. The molecule has 2 N–H and O–H groups in total. The van der Waals surface area contributed by atoms with E-state index in [-0.39, 0.29) is 27.6 Å². The Morgan fingerprint density at radius 1 is 0.878 bits per heavy atom. The number of benzene rings is 3. The Morgan fingerprint density at radius 2 is 1.46 bits per heavy atom. The Bertz CT molecular complexity index is 1500. The van der Waals surface area contributed by atoms with Crippen LogP contribution in [-0.4, -0.2) is 35.3 Å². The lowest BCUT2D eigenvalue weighted by molar-refractivity contribution is -0.151. The number of nitrogens with zero attached hydrogens (tertiary/aromatic N) is 1. The lowest BCUT2D eigenvalue weighted by Crippen LogP contribution is -2.30. The van der Waals surface area contributed by atoms with Gasteiger partial charge in [-0.3, -0.25) is 14.4 Å². The Balaban J connectivity index is 1.43. The lowest BCUT2D eigenvalue weighted by Gasteiger charge is -2.18. The van der Waals surface area contributed by atoms with Gasteiger partial charge in [-0.05, 0) is 66.2 Å². The van der Waals surface area contributed by atoms with Gasteiger partial charge in [0.05, 0.1) is 16.5 Å². The van der Waals surface area contributed by atoms with Gasteiger partial charge in [0.25, 0.3) is 5.91 Å². The van der Waals surface area contributed by atoms with Crippen LogP contribution in [-0.2, 0) is 9.59 Å². The molecule has 6 nitrogen and oxygen atoms in total. The molecule has 3 amide bonds. The topological polar surface area (TPSA) is 78.5 Å². The number of hydrogen-bond acceptors (Lipinski definition) is 3. The van der Waals surface area contributed by atoms with Crippen LogP contribution in [0, 0.1) is 5.92 Å². The van der Waals surface area contributed by atoms with Crippen molar-refractivity contribution in [2.24, 2.45) is 5.92 Å². The molecular weight excluding hydrogens is 649 g/mol. The second kappa shape index (κ2) is 11.9. The van der Waals surface area contributed by atoms with Gasteiger partial charge in [0.2, 0.25) is 11.8 Å². The summed E-state index contributed by atoms with van der Waals surface area (Å²) in [6.07, 6.45) is -6.23. The smallest absolute Gasteiger partial charge is 0.326 e. The van der Waals surface area contributed by atoms with Crippen LogP contribution in [0.15, 0.2) is 60.7 Å². The summed E-state index contributed by atoms with van der Waals surface area (Å²) in [6.45, 7) is 0. The first-order valence-electron chi connectivity index (χ1n) is 11.8. The number of amides is 3. The number of carbonyl (C=O) groups excluding carboxylic acids is 3. The van der Waals surface area contributed by atoms with Crippen LogP contribution in [0.4, 0.5) is 30.2 Å². The maximum absolute atomic E-state index is 13.0. The molecular formula is C27H19Cl5F3N3O3. The Morgan fingerprint density at radius 3 is 2.05 bits per heavy atom. The van der Waals surface area contributed by atoms with Gasteiger partial charge in [-0.25, -0.2) is 0 Å². The van der Waals surface area contributed by atoms with Crippen molar-refractivity contribution < 1.29 is 27.6 Å². The van der Waals surface area contributed by atoms with E-state index >= 15 is 0 Å². The predicted molar refractivity (Wildman–Crippen MR) is 156 cm³/mol. The highest BCUT2D eigenvalue weighted by molar-refractivity contribution is 6.53. The summed E-state index contributed by atoms with van der Waals surface area (Å²) in [7, 11) is 1.22. The summed E-state index contributed by atoms with van der Waals surface area (Å²) in [4.78, 5) is 38.7. The summed E-state index contributed by atoms with van der Waals surface area (Å²) in [5.41, 5.74) is 1.38. The number of halogens is 8. The summed E-state index contributed by atoms with van der Waals surface area (Å²) in [6, 6.07) is 14.7. The Hall–Kier alpha value is -2.69. The molecule has 216 valence electrons. The van der Waals surface area contributed by atoms with Gasteiger partial charge >= 0.3 is 6.18 Å². The highest BCUT2D eigenvalue weighted by atomic mass is 35.5. The van der Waals surface area contributed by atoms with Crippen LogP contribution < -0.4 is 15.5 Å². The minimum Gasteiger partial charge on any atom is -0.326 e. The van der Waals surface area contributed by atoms with Crippen molar-refractivity contribution in [3.05, 3.63) is 86.9 Å². The van der Waals surface area contributed by atoms with Crippen molar-refractivity contribution in [1.82, 2.24) is 0 Å². The van der Waals surface area contributed by atoms with E-state index in [2.05, 4.69) is 10.6 Å². The van der Waals surface area contributed by atoms with Crippen molar-refractivity contribution in [3.63, 3.8) is 0 Å². The first kappa shape index (κ1) is 31.3. The van der Waals surface area contributed by atoms with Gasteiger partial charge in [-0.15, -0.1) is 23.2 Å². The molecule has 3 aromatic carbocycles. The van der Waals surface area contributed by atoms with Crippen LogP contribution in [0.5, 0.6) is 0 Å². The van der Waals surface area contributed by atoms with Gasteiger partial charge in [-0.2, -0.15) is 13.2 Å². The molecule has 1 fully saturated rings. The molecule has 14 heteroatoms. The summed E-state index contributed by atoms with van der Waals surface area (Å²) in [5.74, 6) is -3.64. The quantitative estimate of drug-likeness (QED) is 0.249. The first-order chi connectivity index (χ1) is 19.1. The largest absolute Gasteiger partial charge is 0.397 e. The monoisotopic (exact) mass is 665 g/mol. The molecule has 1 saturated carbocycles. The molecule has 4 rings (SSSR count). The molecule has 1 aliphatic carbocycles. The van der Waals surface area contributed by atoms with Gasteiger partial charge in [-0.1, -0.05) is 34.8 Å². The lowest BCUT2D eigenvalue weighted by atomic mass is 10.1. The molecule has 1 aliphatic rings. The van der Waals surface area contributed by atoms with E-state index in [0.29, 0.717) is 15.6 Å². The van der Waals surface area contributed by atoms with E-state index in [4.69, 9.17) is 58.0 Å². The Kier molecular flexibility index (Phi) is 9.07. The molecule has 3 aromatic rings. The zero-order valence-electron chi connectivity index (χ0n) is 20.8. The molecule has 0 heterocycles.